The molecular formula is C10H19NO3. The van der Waals surface area contributed by atoms with Crippen molar-refractivity contribution in [1.29, 1.82) is 0 Å². The van der Waals surface area contributed by atoms with Gasteiger partial charge in [0.2, 0.25) is 0 Å². The molecule has 0 aromatic carbocycles. The van der Waals surface area contributed by atoms with E-state index in [0.717, 1.165) is 0 Å². The van der Waals surface area contributed by atoms with E-state index in [0.29, 0.717) is 12.3 Å². The summed E-state index contributed by atoms with van der Waals surface area (Å²) in [5, 5.41) is 0. The number of rotatable bonds is 5. The van der Waals surface area contributed by atoms with Gasteiger partial charge in [0.05, 0.1) is 0 Å². The zero-order valence-electron chi connectivity index (χ0n) is 9.24. The highest BCUT2D eigenvalue weighted by molar-refractivity contribution is 5.84. The van der Waals surface area contributed by atoms with Crippen molar-refractivity contribution in [3.8, 4) is 0 Å². The van der Waals surface area contributed by atoms with E-state index in [1.165, 1.54) is 6.92 Å². The molecule has 0 heterocycles. The largest absolute Gasteiger partial charge is 0.454 e. The Morgan fingerprint density at radius 2 is 1.79 bits per heavy atom. The van der Waals surface area contributed by atoms with Gasteiger partial charge in [-0.2, -0.15) is 0 Å². The standard InChI is InChI=1S/C10H19NO3/c1-6(2)5-9(11)10(13)14-8(4)7(3)12/h6,8-9H,5,11H2,1-4H3/t8-,9-/m0/s1. The summed E-state index contributed by atoms with van der Waals surface area (Å²) >= 11 is 0. The van der Waals surface area contributed by atoms with E-state index in [9.17, 15) is 9.59 Å². The minimum Gasteiger partial charge on any atom is -0.454 e. The Morgan fingerprint density at radius 3 is 2.14 bits per heavy atom. The Bertz CT molecular complexity index is 213. The molecule has 4 nitrogen and oxygen atoms in total. The van der Waals surface area contributed by atoms with Crippen LogP contribution in [-0.2, 0) is 14.3 Å². The van der Waals surface area contributed by atoms with Crippen molar-refractivity contribution in [2.24, 2.45) is 11.7 Å². The highest BCUT2D eigenvalue weighted by Crippen LogP contribution is 2.05. The average molecular weight is 201 g/mol. The number of esters is 1. The van der Waals surface area contributed by atoms with E-state index in [4.69, 9.17) is 10.5 Å². The van der Waals surface area contributed by atoms with Crippen LogP contribution in [0.1, 0.15) is 34.1 Å². The molecule has 0 aromatic heterocycles. The van der Waals surface area contributed by atoms with Gasteiger partial charge in [-0.1, -0.05) is 13.8 Å². The molecule has 0 aliphatic rings. The summed E-state index contributed by atoms with van der Waals surface area (Å²) in [6, 6.07) is -0.628. The quantitative estimate of drug-likeness (QED) is 0.670. The van der Waals surface area contributed by atoms with E-state index in [2.05, 4.69) is 0 Å². The van der Waals surface area contributed by atoms with Gasteiger partial charge in [0, 0.05) is 0 Å². The van der Waals surface area contributed by atoms with Gasteiger partial charge < -0.3 is 10.5 Å². The lowest BCUT2D eigenvalue weighted by molar-refractivity contribution is -0.155. The highest BCUT2D eigenvalue weighted by Gasteiger charge is 2.20. The maximum absolute atomic E-state index is 11.3. The molecule has 0 radical (unpaired) electrons. The van der Waals surface area contributed by atoms with Crippen molar-refractivity contribution < 1.29 is 14.3 Å². The van der Waals surface area contributed by atoms with Crippen LogP contribution in [0.15, 0.2) is 0 Å². The molecule has 0 aromatic rings. The fraction of sp³-hybridized carbons (Fsp3) is 0.800. The molecule has 82 valence electrons. The fourth-order valence-corrected chi connectivity index (χ4v) is 0.949. The first-order valence-corrected chi connectivity index (χ1v) is 4.81. The van der Waals surface area contributed by atoms with E-state index in [-0.39, 0.29) is 5.78 Å². The second kappa shape index (κ2) is 5.75. The summed E-state index contributed by atoms with van der Waals surface area (Å²) in [5.74, 6) is -0.332. The molecule has 0 unspecified atom stereocenters. The van der Waals surface area contributed by atoms with Gasteiger partial charge in [0.15, 0.2) is 11.9 Å². The van der Waals surface area contributed by atoms with Crippen LogP contribution in [0.25, 0.3) is 0 Å². The topological polar surface area (TPSA) is 69.4 Å². The summed E-state index contributed by atoms with van der Waals surface area (Å²) in [6.45, 7) is 6.87. The molecule has 0 saturated heterocycles. The Kier molecular flexibility index (Phi) is 5.38. The van der Waals surface area contributed by atoms with Gasteiger partial charge >= 0.3 is 5.97 Å². The lowest BCUT2D eigenvalue weighted by Crippen LogP contribution is -2.36. The number of Topliss-reactive ketones (excluding diaryl/α,β-unsaturated/α-hetero) is 1. The molecule has 4 heteroatoms. The average Bonchev–Trinajstić information content (AvgIpc) is 2.02. The van der Waals surface area contributed by atoms with Crippen molar-refractivity contribution in [1.82, 2.24) is 0 Å². The van der Waals surface area contributed by atoms with Gasteiger partial charge in [0.1, 0.15) is 6.04 Å². The van der Waals surface area contributed by atoms with Crippen LogP contribution in [0.3, 0.4) is 0 Å². The van der Waals surface area contributed by atoms with Crippen molar-refractivity contribution >= 4 is 11.8 Å². The number of ketones is 1. The van der Waals surface area contributed by atoms with Gasteiger partial charge in [-0.15, -0.1) is 0 Å². The maximum atomic E-state index is 11.3. The summed E-state index contributed by atoms with van der Waals surface area (Å²) in [6.07, 6.45) is -0.121. The minimum atomic E-state index is -0.694. The van der Waals surface area contributed by atoms with Crippen LogP contribution in [0.5, 0.6) is 0 Å². The van der Waals surface area contributed by atoms with Crippen LogP contribution < -0.4 is 5.73 Å². The van der Waals surface area contributed by atoms with Crippen molar-refractivity contribution in [2.45, 2.75) is 46.3 Å². The molecule has 0 amide bonds. The van der Waals surface area contributed by atoms with E-state index < -0.39 is 18.1 Å². The number of carbonyl (C=O) groups excluding carboxylic acids is 2. The lowest BCUT2D eigenvalue weighted by atomic mass is 10.0. The number of nitrogens with two attached hydrogens (primary N) is 1. The second-order valence-corrected chi connectivity index (χ2v) is 3.93. The molecule has 2 atom stereocenters. The SMILES string of the molecule is CC(=O)[C@H](C)OC(=O)[C@@H](N)CC(C)C. The molecule has 0 fully saturated rings. The van der Waals surface area contributed by atoms with E-state index in [1.54, 1.807) is 6.92 Å². The molecular weight excluding hydrogens is 182 g/mol. The molecule has 0 rings (SSSR count). The Morgan fingerprint density at radius 1 is 1.29 bits per heavy atom. The summed E-state index contributed by atoms with van der Waals surface area (Å²) in [7, 11) is 0. The predicted octanol–water partition coefficient (Wildman–Crippen LogP) is 0.880. The van der Waals surface area contributed by atoms with Crippen LogP contribution in [0, 0.1) is 5.92 Å². The zero-order valence-corrected chi connectivity index (χ0v) is 9.24. The first kappa shape index (κ1) is 13.1. The zero-order chi connectivity index (χ0) is 11.3. The normalized spacial score (nSPS) is 15.0. The molecule has 0 spiro atoms. The maximum Gasteiger partial charge on any atom is 0.323 e. The van der Waals surface area contributed by atoms with Crippen LogP contribution >= 0.6 is 0 Å². The number of hydrogen-bond acceptors (Lipinski definition) is 4. The van der Waals surface area contributed by atoms with Crippen LogP contribution in [-0.4, -0.2) is 23.9 Å². The number of ether oxygens (including phenoxy) is 1. The third kappa shape index (κ3) is 4.97. The molecule has 0 bridgehead atoms. The minimum absolute atomic E-state index is 0.171. The Balaban J connectivity index is 4.01. The summed E-state index contributed by atoms with van der Waals surface area (Å²) < 4.78 is 4.86. The first-order chi connectivity index (χ1) is 6.34. The van der Waals surface area contributed by atoms with Gasteiger partial charge in [-0.05, 0) is 26.2 Å². The van der Waals surface area contributed by atoms with Gasteiger partial charge in [-0.25, -0.2) is 0 Å². The number of carbonyl (C=O) groups is 2. The van der Waals surface area contributed by atoms with Crippen molar-refractivity contribution in [2.75, 3.05) is 0 Å². The second-order valence-electron chi connectivity index (χ2n) is 3.93. The monoisotopic (exact) mass is 201 g/mol. The Labute approximate surface area is 84.8 Å². The smallest absolute Gasteiger partial charge is 0.323 e. The lowest BCUT2D eigenvalue weighted by Gasteiger charge is -2.15. The van der Waals surface area contributed by atoms with Gasteiger partial charge in [-0.3, -0.25) is 9.59 Å². The van der Waals surface area contributed by atoms with Crippen molar-refractivity contribution in [3.05, 3.63) is 0 Å². The predicted molar refractivity (Wildman–Crippen MR) is 53.7 cm³/mol. The van der Waals surface area contributed by atoms with Crippen LogP contribution in [0.4, 0.5) is 0 Å². The molecule has 0 aliphatic carbocycles. The molecule has 0 saturated carbocycles. The molecule has 14 heavy (non-hydrogen) atoms. The molecule has 0 aliphatic heterocycles. The summed E-state index contributed by atoms with van der Waals surface area (Å²) in [5.41, 5.74) is 5.58. The van der Waals surface area contributed by atoms with E-state index >= 15 is 0 Å². The summed E-state index contributed by atoms with van der Waals surface area (Å²) in [4.78, 5) is 22.1. The number of hydrogen-bond donors (Lipinski definition) is 1. The highest BCUT2D eigenvalue weighted by atomic mass is 16.5. The van der Waals surface area contributed by atoms with Crippen LogP contribution in [0.2, 0.25) is 0 Å². The van der Waals surface area contributed by atoms with Crippen molar-refractivity contribution in [3.63, 3.8) is 0 Å². The first-order valence-electron chi connectivity index (χ1n) is 4.81. The third-order valence-electron chi connectivity index (χ3n) is 1.89. The van der Waals surface area contributed by atoms with Gasteiger partial charge in [0.25, 0.3) is 0 Å². The Hall–Kier alpha value is -0.900. The fourth-order valence-electron chi connectivity index (χ4n) is 0.949. The third-order valence-corrected chi connectivity index (χ3v) is 1.89. The molecule has 2 N–H and O–H groups in total. The van der Waals surface area contributed by atoms with E-state index in [1.807, 2.05) is 13.8 Å².